The summed E-state index contributed by atoms with van der Waals surface area (Å²) in [4.78, 5) is 69.2. The highest BCUT2D eigenvalue weighted by Gasteiger charge is 2.80. The van der Waals surface area contributed by atoms with E-state index in [0.717, 1.165) is 6.92 Å². The van der Waals surface area contributed by atoms with Gasteiger partial charge in [0.05, 0.1) is 17.6 Å². The molecule has 0 heterocycles. The third kappa shape index (κ3) is 3.83. The third-order valence-electron chi connectivity index (χ3n) is 11.9. The van der Waals surface area contributed by atoms with Gasteiger partial charge in [-0.15, -0.1) is 0 Å². The van der Waals surface area contributed by atoms with E-state index >= 15 is 0 Å². The molecule has 1 aromatic carbocycles. The van der Waals surface area contributed by atoms with Crippen LogP contribution in [0.4, 0.5) is 0 Å². The average Bonchev–Trinajstić information content (AvgIpc) is 2.84. The molecule has 3 aliphatic rings. The number of Topliss-reactive ketones (excluding diaryl/α,β-unsaturated/α-hetero) is 5. The number of phenolic OH excluding ortho intramolecular Hbond substituents is 1. The number of rotatable bonds is 5. The maximum Gasteiger partial charge on any atom is 0.191 e. The molecule has 1 aromatic rings. The van der Waals surface area contributed by atoms with Gasteiger partial charge in [0.25, 0.3) is 0 Å². The Morgan fingerprint density at radius 2 is 1.57 bits per heavy atom. The summed E-state index contributed by atoms with van der Waals surface area (Å²) in [5, 5.41) is 35.7. The molecule has 3 N–H and O–H groups in total. The fraction of sp³-hybridized carbons (Fsp3) is 0.676. The highest BCUT2D eigenvalue weighted by atomic mass is 16.3. The molecule has 0 amide bonds. The Balaban J connectivity index is 2.05. The standard InChI is InChI=1S/C34H46O8/c1-16(2)23-25(37)21(17(3)35)27(39)34(42)28(40)24-26(38)22-18(12-11-13-20(22)36)19(14-15-31(7,8)30(4,5)6)32(24,9)29(41)33(23,34)10/h11-13,16,19,21,23-24,29,36,41-42H,14-15H2,1-10H3/t19-,21?,23?,24?,29-,32+,33+,34+/m1/s1. The molecule has 0 bridgehead atoms. The normalized spacial score (nSPS) is 36.9. The first-order valence-corrected chi connectivity index (χ1v) is 14.9. The third-order valence-corrected chi connectivity index (χ3v) is 11.9. The van der Waals surface area contributed by atoms with E-state index in [1.165, 1.54) is 13.0 Å². The van der Waals surface area contributed by atoms with Crippen molar-refractivity contribution in [2.75, 3.05) is 0 Å². The lowest BCUT2D eigenvalue weighted by molar-refractivity contribution is -0.241. The van der Waals surface area contributed by atoms with Crippen LogP contribution in [0.15, 0.2) is 18.2 Å². The van der Waals surface area contributed by atoms with E-state index in [4.69, 9.17) is 0 Å². The summed E-state index contributed by atoms with van der Waals surface area (Å²) >= 11 is 0. The molecule has 4 rings (SSSR count). The molecule has 0 aliphatic heterocycles. The molecule has 0 aromatic heterocycles. The molecule has 2 saturated carbocycles. The highest BCUT2D eigenvalue weighted by Crippen LogP contribution is 2.67. The largest absolute Gasteiger partial charge is 0.507 e. The predicted octanol–water partition coefficient (Wildman–Crippen LogP) is 4.46. The quantitative estimate of drug-likeness (QED) is 0.432. The van der Waals surface area contributed by atoms with E-state index in [1.54, 1.807) is 32.9 Å². The van der Waals surface area contributed by atoms with Crippen LogP contribution in [-0.4, -0.2) is 55.9 Å². The molecule has 8 nitrogen and oxygen atoms in total. The van der Waals surface area contributed by atoms with E-state index in [1.807, 2.05) is 0 Å². The van der Waals surface area contributed by atoms with Crippen molar-refractivity contribution in [1.82, 2.24) is 0 Å². The van der Waals surface area contributed by atoms with Crippen LogP contribution in [0.25, 0.3) is 0 Å². The van der Waals surface area contributed by atoms with Gasteiger partial charge in [-0.3, -0.25) is 24.0 Å². The first-order chi connectivity index (χ1) is 19.0. The maximum atomic E-state index is 14.7. The van der Waals surface area contributed by atoms with Crippen LogP contribution in [0.1, 0.15) is 104 Å². The van der Waals surface area contributed by atoms with Gasteiger partial charge in [-0.2, -0.15) is 0 Å². The maximum absolute atomic E-state index is 14.7. The van der Waals surface area contributed by atoms with E-state index in [2.05, 4.69) is 34.6 Å². The first-order valence-electron chi connectivity index (χ1n) is 14.9. The Labute approximate surface area is 248 Å². The lowest BCUT2D eigenvalue weighted by atomic mass is 9.36. The number of aliphatic hydroxyl groups excluding tert-OH is 1. The van der Waals surface area contributed by atoms with Crippen molar-refractivity contribution in [3.05, 3.63) is 29.3 Å². The zero-order valence-electron chi connectivity index (χ0n) is 26.5. The van der Waals surface area contributed by atoms with Crippen molar-refractivity contribution < 1.29 is 39.3 Å². The van der Waals surface area contributed by atoms with E-state index in [0.29, 0.717) is 18.4 Å². The van der Waals surface area contributed by atoms with Crippen LogP contribution in [0.5, 0.6) is 5.75 Å². The number of carbonyl (C=O) groups excluding carboxylic acids is 5. The lowest BCUT2D eigenvalue weighted by Gasteiger charge is -2.66. The van der Waals surface area contributed by atoms with Gasteiger partial charge in [-0.05, 0) is 54.1 Å². The van der Waals surface area contributed by atoms with Crippen LogP contribution in [-0.2, 0) is 19.2 Å². The lowest BCUT2D eigenvalue weighted by Crippen LogP contribution is -2.82. The van der Waals surface area contributed by atoms with Crippen molar-refractivity contribution >= 4 is 28.9 Å². The van der Waals surface area contributed by atoms with E-state index in [9.17, 15) is 39.3 Å². The SMILES string of the molecule is CC(=O)C1C(=O)C(C(C)C)[C@@]2(C)[C@H](O)[C@]3(C)C(C(=O)c4c(O)cccc4[C@H]3CCC(C)(C)C(C)(C)C)C(=O)[C@@]2(O)C1=O. The Bertz CT molecular complexity index is 1380. The number of phenols is 1. The second-order valence-electron chi connectivity index (χ2n) is 15.4. The Morgan fingerprint density at radius 1 is 1.00 bits per heavy atom. The second kappa shape index (κ2) is 9.65. The van der Waals surface area contributed by atoms with Gasteiger partial charge in [0.1, 0.15) is 17.5 Å². The molecule has 0 saturated heterocycles. The molecule has 8 heteroatoms. The van der Waals surface area contributed by atoms with Gasteiger partial charge in [0.15, 0.2) is 28.7 Å². The highest BCUT2D eigenvalue weighted by molar-refractivity contribution is 6.32. The van der Waals surface area contributed by atoms with E-state index in [-0.39, 0.29) is 22.1 Å². The molecule has 42 heavy (non-hydrogen) atoms. The number of aromatic hydroxyl groups is 1. The summed E-state index contributed by atoms with van der Waals surface area (Å²) in [5.41, 5.74) is -6.43. The van der Waals surface area contributed by atoms with Crippen molar-refractivity contribution in [1.29, 1.82) is 0 Å². The fourth-order valence-corrected chi connectivity index (χ4v) is 8.50. The van der Waals surface area contributed by atoms with Crippen molar-refractivity contribution in [3.8, 4) is 5.75 Å². The average molecular weight is 583 g/mol. The minimum Gasteiger partial charge on any atom is -0.507 e. The summed E-state index contributed by atoms with van der Waals surface area (Å²) in [6.45, 7) is 18.1. The van der Waals surface area contributed by atoms with E-state index < -0.39 is 81.0 Å². The van der Waals surface area contributed by atoms with Crippen LogP contribution in [0.2, 0.25) is 0 Å². The molecular formula is C34H46O8. The minimum atomic E-state index is -2.97. The number of hydrogen-bond acceptors (Lipinski definition) is 8. The molecular weight excluding hydrogens is 536 g/mol. The van der Waals surface area contributed by atoms with Crippen molar-refractivity contribution in [2.24, 2.45) is 45.3 Å². The Hall–Kier alpha value is -2.71. The molecule has 3 unspecified atom stereocenters. The van der Waals surface area contributed by atoms with Crippen LogP contribution in [0.3, 0.4) is 0 Å². The number of hydrogen-bond donors (Lipinski definition) is 3. The minimum absolute atomic E-state index is 0.0610. The van der Waals surface area contributed by atoms with Crippen molar-refractivity contribution in [3.63, 3.8) is 0 Å². The number of carbonyl (C=O) groups is 5. The molecule has 230 valence electrons. The van der Waals surface area contributed by atoms with Gasteiger partial charge in [-0.25, -0.2) is 0 Å². The Morgan fingerprint density at radius 3 is 2.07 bits per heavy atom. The van der Waals surface area contributed by atoms with Crippen LogP contribution in [0, 0.1) is 45.3 Å². The van der Waals surface area contributed by atoms with Gasteiger partial charge in [0.2, 0.25) is 0 Å². The fourth-order valence-electron chi connectivity index (χ4n) is 8.50. The number of aliphatic hydroxyl groups is 2. The molecule has 2 fully saturated rings. The monoisotopic (exact) mass is 582 g/mol. The van der Waals surface area contributed by atoms with Crippen LogP contribution < -0.4 is 0 Å². The summed E-state index contributed by atoms with van der Waals surface area (Å²) in [7, 11) is 0. The summed E-state index contributed by atoms with van der Waals surface area (Å²) < 4.78 is 0. The number of ketones is 5. The molecule has 3 aliphatic carbocycles. The zero-order valence-corrected chi connectivity index (χ0v) is 26.5. The van der Waals surface area contributed by atoms with Gasteiger partial charge in [-0.1, -0.05) is 74.4 Å². The predicted molar refractivity (Wildman–Crippen MR) is 156 cm³/mol. The summed E-state index contributed by atoms with van der Waals surface area (Å²) in [5.74, 6) is -11.0. The topological polar surface area (TPSA) is 146 Å². The Kier molecular flexibility index (Phi) is 7.40. The van der Waals surface area contributed by atoms with Gasteiger partial charge >= 0.3 is 0 Å². The zero-order chi connectivity index (χ0) is 32.1. The second-order valence-corrected chi connectivity index (χ2v) is 15.4. The molecule has 0 radical (unpaired) electrons. The number of benzene rings is 1. The molecule has 8 atom stereocenters. The molecule has 0 spiro atoms. The van der Waals surface area contributed by atoms with Gasteiger partial charge in [0, 0.05) is 16.7 Å². The first kappa shape index (κ1) is 32.2. The van der Waals surface area contributed by atoms with Crippen molar-refractivity contribution in [2.45, 2.75) is 99.7 Å². The summed E-state index contributed by atoms with van der Waals surface area (Å²) in [6.07, 6.45) is -0.621. The summed E-state index contributed by atoms with van der Waals surface area (Å²) in [6, 6.07) is 4.68. The number of fused-ring (bicyclic) bond motifs is 3. The van der Waals surface area contributed by atoms with Gasteiger partial charge < -0.3 is 15.3 Å². The smallest absolute Gasteiger partial charge is 0.191 e. The van der Waals surface area contributed by atoms with Crippen LogP contribution >= 0.6 is 0 Å².